The summed E-state index contributed by atoms with van der Waals surface area (Å²) < 4.78 is 0. The van der Waals surface area contributed by atoms with Crippen molar-refractivity contribution in [2.24, 2.45) is 0 Å². The Bertz CT molecular complexity index is 733. The van der Waals surface area contributed by atoms with Crippen LogP contribution in [0.15, 0.2) is 55.1 Å². The summed E-state index contributed by atoms with van der Waals surface area (Å²) in [4.78, 5) is 10.2. The molecule has 0 heterocycles. The summed E-state index contributed by atoms with van der Waals surface area (Å²) in [6.07, 6.45) is 3.61. The van der Waals surface area contributed by atoms with Crippen molar-refractivity contribution in [3.05, 3.63) is 81.9 Å². The van der Waals surface area contributed by atoms with Crippen molar-refractivity contribution in [3.63, 3.8) is 0 Å². The molecule has 2 aromatic rings. The van der Waals surface area contributed by atoms with Crippen LogP contribution in [0.3, 0.4) is 0 Å². The standard InChI is InChI=1S/C17H15NO3/c1-12-6-3-4-7-14(12)11-10-13(2)15-8-5-9-16(17(15)19)18(20)21/h3-11,19H,2H2,1H3/b11-10+. The Kier molecular flexibility index (Phi) is 4.18. The second-order valence-electron chi connectivity index (χ2n) is 4.65. The molecule has 0 aliphatic rings. The molecule has 0 aliphatic carbocycles. The van der Waals surface area contributed by atoms with E-state index in [1.165, 1.54) is 12.1 Å². The number of nitro benzene ring substituents is 1. The predicted molar refractivity (Wildman–Crippen MR) is 84.0 cm³/mol. The zero-order valence-corrected chi connectivity index (χ0v) is 11.6. The van der Waals surface area contributed by atoms with E-state index in [1.54, 1.807) is 12.1 Å². The highest BCUT2D eigenvalue weighted by molar-refractivity contribution is 5.82. The number of nitro groups is 1. The predicted octanol–water partition coefficient (Wildman–Crippen LogP) is 4.34. The lowest BCUT2D eigenvalue weighted by atomic mass is 10.0. The van der Waals surface area contributed by atoms with Gasteiger partial charge in [0.25, 0.3) is 0 Å². The topological polar surface area (TPSA) is 63.4 Å². The molecule has 0 saturated carbocycles. The molecule has 0 amide bonds. The number of phenolic OH excluding ortho intramolecular Hbond substituents is 1. The van der Waals surface area contributed by atoms with Gasteiger partial charge in [-0.15, -0.1) is 0 Å². The number of aryl methyl sites for hydroxylation is 1. The van der Waals surface area contributed by atoms with Crippen molar-refractivity contribution >= 4 is 17.3 Å². The zero-order valence-electron chi connectivity index (χ0n) is 11.6. The summed E-state index contributed by atoms with van der Waals surface area (Å²) in [5, 5.41) is 20.8. The van der Waals surface area contributed by atoms with Gasteiger partial charge in [0.05, 0.1) is 4.92 Å². The molecule has 0 bridgehead atoms. The van der Waals surface area contributed by atoms with E-state index in [1.807, 2.05) is 37.3 Å². The van der Waals surface area contributed by atoms with Crippen molar-refractivity contribution in [1.82, 2.24) is 0 Å². The van der Waals surface area contributed by atoms with Gasteiger partial charge in [-0.1, -0.05) is 55.1 Å². The highest BCUT2D eigenvalue weighted by Crippen LogP contribution is 2.33. The number of hydrogen-bond acceptors (Lipinski definition) is 3. The lowest BCUT2D eigenvalue weighted by Crippen LogP contribution is -1.91. The first-order valence-corrected chi connectivity index (χ1v) is 6.40. The number of nitrogens with zero attached hydrogens (tertiary/aromatic N) is 1. The van der Waals surface area contributed by atoms with Gasteiger partial charge in [0, 0.05) is 11.6 Å². The highest BCUT2D eigenvalue weighted by atomic mass is 16.6. The molecule has 2 aromatic carbocycles. The van der Waals surface area contributed by atoms with E-state index in [0.717, 1.165) is 11.1 Å². The lowest BCUT2D eigenvalue weighted by Gasteiger charge is -2.05. The number of aromatic hydroxyl groups is 1. The average molecular weight is 281 g/mol. The number of hydrogen-bond donors (Lipinski definition) is 1. The van der Waals surface area contributed by atoms with Crippen LogP contribution in [0.25, 0.3) is 11.6 Å². The van der Waals surface area contributed by atoms with Gasteiger partial charge in [0.15, 0.2) is 0 Å². The van der Waals surface area contributed by atoms with Crippen LogP contribution in [-0.4, -0.2) is 10.0 Å². The van der Waals surface area contributed by atoms with E-state index in [9.17, 15) is 15.2 Å². The van der Waals surface area contributed by atoms with Gasteiger partial charge in [-0.05, 0) is 23.6 Å². The molecule has 0 spiro atoms. The number of para-hydroxylation sites is 1. The average Bonchev–Trinajstić information content (AvgIpc) is 2.46. The van der Waals surface area contributed by atoms with Crippen LogP contribution in [-0.2, 0) is 0 Å². The van der Waals surface area contributed by atoms with Gasteiger partial charge >= 0.3 is 5.69 Å². The third kappa shape index (κ3) is 3.17. The van der Waals surface area contributed by atoms with E-state index in [-0.39, 0.29) is 11.4 Å². The molecule has 0 fully saturated rings. The van der Waals surface area contributed by atoms with E-state index in [0.29, 0.717) is 11.1 Å². The quantitative estimate of drug-likeness (QED) is 0.515. The molecule has 0 aliphatic heterocycles. The second kappa shape index (κ2) is 6.05. The smallest absolute Gasteiger partial charge is 0.311 e. The molecule has 4 nitrogen and oxygen atoms in total. The molecule has 0 radical (unpaired) electrons. The van der Waals surface area contributed by atoms with E-state index in [4.69, 9.17) is 0 Å². The molecular formula is C17H15NO3. The van der Waals surface area contributed by atoms with Gasteiger partial charge in [-0.2, -0.15) is 0 Å². The number of rotatable bonds is 4. The molecule has 106 valence electrons. The van der Waals surface area contributed by atoms with E-state index < -0.39 is 4.92 Å². The molecule has 0 aromatic heterocycles. The third-order valence-electron chi connectivity index (χ3n) is 3.21. The Morgan fingerprint density at radius 1 is 1.24 bits per heavy atom. The van der Waals surface area contributed by atoms with Crippen molar-refractivity contribution in [3.8, 4) is 5.75 Å². The number of allylic oxidation sites excluding steroid dienone is 2. The second-order valence-corrected chi connectivity index (χ2v) is 4.65. The minimum Gasteiger partial charge on any atom is -0.502 e. The molecule has 1 N–H and O–H groups in total. The number of benzene rings is 2. The molecule has 21 heavy (non-hydrogen) atoms. The summed E-state index contributed by atoms with van der Waals surface area (Å²) in [5.41, 5.74) is 2.69. The Hall–Kier alpha value is -2.88. The summed E-state index contributed by atoms with van der Waals surface area (Å²) in [6.45, 7) is 5.85. The van der Waals surface area contributed by atoms with Crippen LogP contribution < -0.4 is 0 Å². The van der Waals surface area contributed by atoms with Crippen molar-refractivity contribution in [2.45, 2.75) is 6.92 Å². The van der Waals surface area contributed by atoms with Gasteiger partial charge in [0.1, 0.15) is 0 Å². The van der Waals surface area contributed by atoms with Crippen LogP contribution in [0.4, 0.5) is 5.69 Å². The molecule has 0 saturated heterocycles. The van der Waals surface area contributed by atoms with Crippen molar-refractivity contribution in [1.29, 1.82) is 0 Å². The number of phenols is 1. The van der Waals surface area contributed by atoms with E-state index in [2.05, 4.69) is 6.58 Å². The van der Waals surface area contributed by atoms with Gasteiger partial charge in [-0.3, -0.25) is 10.1 Å². The van der Waals surface area contributed by atoms with Gasteiger partial charge in [-0.25, -0.2) is 0 Å². The molecule has 2 rings (SSSR count). The maximum absolute atomic E-state index is 10.8. The van der Waals surface area contributed by atoms with E-state index >= 15 is 0 Å². The fraction of sp³-hybridized carbons (Fsp3) is 0.0588. The lowest BCUT2D eigenvalue weighted by molar-refractivity contribution is -0.385. The Labute approximate surface area is 122 Å². The first-order chi connectivity index (χ1) is 10.0. The Morgan fingerprint density at radius 2 is 1.95 bits per heavy atom. The largest absolute Gasteiger partial charge is 0.502 e. The van der Waals surface area contributed by atoms with Crippen LogP contribution >= 0.6 is 0 Å². The first-order valence-electron chi connectivity index (χ1n) is 6.40. The van der Waals surface area contributed by atoms with Crippen LogP contribution in [0.5, 0.6) is 5.75 Å². The molecule has 0 unspecified atom stereocenters. The summed E-state index contributed by atoms with van der Waals surface area (Å²) >= 11 is 0. The van der Waals surface area contributed by atoms with Gasteiger partial charge < -0.3 is 5.11 Å². The monoisotopic (exact) mass is 281 g/mol. The fourth-order valence-electron chi connectivity index (χ4n) is 1.99. The SMILES string of the molecule is C=C(/C=C/c1ccccc1C)c1cccc([N+](=O)[O-])c1O. The fourth-order valence-corrected chi connectivity index (χ4v) is 1.99. The summed E-state index contributed by atoms with van der Waals surface area (Å²) in [6, 6.07) is 12.2. The Balaban J connectivity index is 2.32. The maximum Gasteiger partial charge on any atom is 0.311 e. The van der Waals surface area contributed by atoms with Crippen LogP contribution in [0.1, 0.15) is 16.7 Å². The maximum atomic E-state index is 10.8. The van der Waals surface area contributed by atoms with Crippen LogP contribution in [0.2, 0.25) is 0 Å². The normalized spacial score (nSPS) is 10.7. The Morgan fingerprint density at radius 3 is 2.62 bits per heavy atom. The molecular weight excluding hydrogens is 266 g/mol. The summed E-state index contributed by atoms with van der Waals surface area (Å²) in [5.74, 6) is -0.359. The van der Waals surface area contributed by atoms with Crippen molar-refractivity contribution in [2.75, 3.05) is 0 Å². The van der Waals surface area contributed by atoms with Crippen molar-refractivity contribution < 1.29 is 10.0 Å². The minimum atomic E-state index is -0.614. The van der Waals surface area contributed by atoms with Crippen LogP contribution in [0, 0.1) is 17.0 Å². The molecule has 4 heteroatoms. The minimum absolute atomic E-state index is 0.321. The zero-order chi connectivity index (χ0) is 15.4. The first kappa shape index (κ1) is 14.5. The van der Waals surface area contributed by atoms with Gasteiger partial charge in [0.2, 0.25) is 5.75 Å². The molecule has 0 atom stereocenters. The third-order valence-corrected chi connectivity index (χ3v) is 3.21. The highest BCUT2D eigenvalue weighted by Gasteiger charge is 2.16. The summed E-state index contributed by atoms with van der Waals surface area (Å²) in [7, 11) is 0.